The average molecular weight is 296 g/mol. The van der Waals surface area contributed by atoms with Crippen LogP contribution in [-0.4, -0.2) is 39.2 Å². The van der Waals surface area contributed by atoms with Gasteiger partial charge in [0.1, 0.15) is 0 Å². The SMILES string of the molecule is NCCc1cc(O)c(O)cc1[N+](=O)[O-].O=S(=O)(O)O. The first-order valence-corrected chi connectivity index (χ1v) is 6.05. The van der Waals surface area contributed by atoms with E-state index >= 15 is 0 Å². The number of nitro benzene ring substituents is 1. The zero-order valence-electron chi connectivity index (χ0n) is 9.42. The largest absolute Gasteiger partial charge is 0.504 e. The maximum Gasteiger partial charge on any atom is 0.394 e. The van der Waals surface area contributed by atoms with Gasteiger partial charge in [-0.05, 0) is 19.0 Å². The number of hydrogen-bond donors (Lipinski definition) is 5. The smallest absolute Gasteiger partial charge is 0.394 e. The van der Waals surface area contributed by atoms with Gasteiger partial charge in [-0.1, -0.05) is 0 Å². The van der Waals surface area contributed by atoms with Gasteiger partial charge in [0, 0.05) is 5.56 Å². The fourth-order valence-corrected chi connectivity index (χ4v) is 1.13. The molecule has 1 aromatic rings. The molecule has 11 heteroatoms. The van der Waals surface area contributed by atoms with Crippen LogP contribution in [0.2, 0.25) is 0 Å². The fourth-order valence-electron chi connectivity index (χ4n) is 1.13. The Morgan fingerprint density at radius 3 is 2.00 bits per heavy atom. The normalized spacial score (nSPS) is 10.5. The number of nitrogens with two attached hydrogens (primary N) is 1. The minimum atomic E-state index is -4.67. The van der Waals surface area contributed by atoms with Crippen LogP contribution in [0, 0.1) is 10.1 Å². The lowest BCUT2D eigenvalue weighted by atomic mass is 10.1. The Bertz CT molecular complexity index is 548. The Balaban J connectivity index is 0.000000555. The van der Waals surface area contributed by atoms with Crippen LogP contribution < -0.4 is 5.73 Å². The highest BCUT2D eigenvalue weighted by atomic mass is 32.3. The summed E-state index contributed by atoms with van der Waals surface area (Å²) >= 11 is 0. The second-order valence-electron chi connectivity index (χ2n) is 3.21. The van der Waals surface area contributed by atoms with Crippen LogP contribution >= 0.6 is 0 Å². The van der Waals surface area contributed by atoms with Crippen molar-refractivity contribution >= 4 is 16.1 Å². The molecule has 0 heterocycles. The maximum absolute atomic E-state index is 10.5. The third kappa shape index (κ3) is 7.15. The van der Waals surface area contributed by atoms with E-state index in [1.165, 1.54) is 0 Å². The molecule has 6 N–H and O–H groups in total. The summed E-state index contributed by atoms with van der Waals surface area (Å²) in [5.41, 5.74) is 5.33. The molecule has 1 aromatic carbocycles. The van der Waals surface area contributed by atoms with Crippen molar-refractivity contribution in [3.8, 4) is 11.5 Å². The first-order valence-electron chi connectivity index (χ1n) is 4.65. The highest BCUT2D eigenvalue weighted by Crippen LogP contribution is 2.32. The molecule has 0 amide bonds. The van der Waals surface area contributed by atoms with E-state index in [2.05, 4.69) is 0 Å². The van der Waals surface area contributed by atoms with Gasteiger partial charge in [0.15, 0.2) is 11.5 Å². The van der Waals surface area contributed by atoms with Crippen molar-refractivity contribution < 1.29 is 32.7 Å². The van der Waals surface area contributed by atoms with E-state index in [9.17, 15) is 10.1 Å². The molecule has 0 aliphatic heterocycles. The summed E-state index contributed by atoms with van der Waals surface area (Å²) in [5, 5.41) is 28.7. The number of nitrogens with zero attached hydrogens (tertiary/aromatic N) is 1. The molecule has 0 saturated carbocycles. The molecule has 0 unspecified atom stereocenters. The summed E-state index contributed by atoms with van der Waals surface area (Å²) < 4.78 is 31.6. The predicted molar refractivity (Wildman–Crippen MR) is 63.4 cm³/mol. The summed E-state index contributed by atoms with van der Waals surface area (Å²) in [7, 11) is -4.67. The number of rotatable bonds is 3. The number of aromatic hydroxyl groups is 2. The van der Waals surface area contributed by atoms with Crippen LogP contribution in [0.5, 0.6) is 11.5 Å². The van der Waals surface area contributed by atoms with Gasteiger partial charge in [-0.25, -0.2) is 0 Å². The zero-order valence-corrected chi connectivity index (χ0v) is 10.2. The summed E-state index contributed by atoms with van der Waals surface area (Å²) in [5.74, 6) is -0.878. The Hall–Kier alpha value is -1.95. The Morgan fingerprint density at radius 1 is 1.21 bits per heavy atom. The van der Waals surface area contributed by atoms with E-state index in [1.54, 1.807) is 0 Å². The second kappa shape index (κ2) is 6.84. The number of phenolic OH excluding ortho intramolecular Hbond substituents is 2. The third-order valence-corrected chi connectivity index (χ3v) is 1.79. The van der Waals surface area contributed by atoms with Gasteiger partial charge in [0.25, 0.3) is 5.69 Å². The van der Waals surface area contributed by atoms with Crippen molar-refractivity contribution in [2.24, 2.45) is 5.73 Å². The van der Waals surface area contributed by atoms with Gasteiger partial charge in [-0.15, -0.1) is 0 Å². The number of phenols is 2. The minimum absolute atomic E-state index is 0.231. The molecule has 0 aromatic heterocycles. The van der Waals surface area contributed by atoms with Gasteiger partial charge in [-0.2, -0.15) is 8.42 Å². The molecule has 1 rings (SSSR count). The van der Waals surface area contributed by atoms with Gasteiger partial charge in [-0.3, -0.25) is 19.2 Å². The van der Waals surface area contributed by atoms with E-state index in [0.717, 1.165) is 12.1 Å². The quantitative estimate of drug-likeness (QED) is 0.219. The molecule has 0 saturated heterocycles. The number of hydrogen-bond acceptors (Lipinski definition) is 7. The van der Waals surface area contributed by atoms with Gasteiger partial charge in [0.05, 0.1) is 11.0 Å². The lowest BCUT2D eigenvalue weighted by Crippen LogP contribution is -2.05. The van der Waals surface area contributed by atoms with E-state index in [0.29, 0.717) is 5.56 Å². The van der Waals surface area contributed by atoms with E-state index in [-0.39, 0.29) is 24.4 Å². The zero-order chi connectivity index (χ0) is 15.2. The van der Waals surface area contributed by atoms with Crippen LogP contribution in [-0.2, 0) is 16.8 Å². The van der Waals surface area contributed by atoms with Crippen LogP contribution in [0.3, 0.4) is 0 Å². The molecule has 0 atom stereocenters. The van der Waals surface area contributed by atoms with Crippen LogP contribution in [0.1, 0.15) is 5.56 Å². The Morgan fingerprint density at radius 2 is 1.63 bits per heavy atom. The van der Waals surface area contributed by atoms with Gasteiger partial charge in [0.2, 0.25) is 0 Å². The first kappa shape index (κ1) is 17.1. The molecule has 108 valence electrons. The molecule has 19 heavy (non-hydrogen) atoms. The number of nitro groups is 1. The van der Waals surface area contributed by atoms with Gasteiger partial charge >= 0.3 is 10.4 Å². The molecular weight excluding hydrogens is 284 g/mol. The second-order valence-corrected chi connectivity index (χ2v) is 4.11. The highest BCUT2D eigenvalue weighted by molar-refractivity contribution is 7.79. The van der Waals surface area contributed by atoms with Crippen LogP contribution in [0.25, 0.3) is 0 Å². The molecule has 0 radical (unpaired) electrons. The maximum atomic E-state index is 10.5. The molecule has 0 fully saturated rings. The first-order chi connectivity index (χ1) is 8.56. The fraction of sp³-hybridized carbons (Fsp3) is 0.250. The Kier molecular flexibility index (Phi) is 6.14. The molecule has 10 nitrogen and oxygen atoms in total. The molecule has 0 aliphatic carbocycles. The van der Waals surface area contributed by atoms with Crippen molar-refractivity contribution in [2.75, 3.05) is 6.54 Å². The van der Waals surface area contributed by atoms with Crippen molar-refractivity contribution in [1.82, 2.24) is 0 Å². The molecule has 0 aliphatic rings. The summed E-state index contributed by atoms with van der Waals surface area (Å²) in [6.07, 6.45) is 0.282. The monoisotopic (exact) mass is 296 g/mol. The third-order valence-electron chi connectivity index (χ3n) is 1.79. The number of benzene rings is 1. The van der Waals surface area contributed by atoms with E-state index in [1.807, 2.05) is 0 Å². The molecule has 0 spiro atoms. The molecular formula is C8H12N2O8S. The highest BCUT2D eigenvalue weighted by Gasteiger charge is 2.16. The van der Waals surface area contributed by atoms with E-state index in [4.69, 9.17) is 33.5 Å². The van der Waals surface area contributed by atoms with Crippen molar-refractivity contribution in [3.63, 3.8) is 0 Å². The summed E-state index contributed by atoms with van der Waals surface area (Å²) in [4.78, 5) is 9.91. The summed E-state index contributed by atoms with van der Waals surface area (Å²) in [6.45, 7) is 0.241. The van der Waals surface area contributed by atoms with Crippen LogP contribution in [0.15, 0.2) is 12.1 Å². The standard InChI is InChI=1S/C8H10N2O4.H2O4S/c9-2-1-5-3-7(11)8(12)4-6(5)10(13)14;1-5(2,3)4/h3-4,11-12H,1-2,9H2;(H2,1,2,3,4). The molecule has 0 bridgehead atoms. The average Bonchev–Trinajstić information content (AvgIpc) is 2.20. The lowest BCUT2D eigenvalue weighted by Gasteiger charge is -2.03. The van der Waals surface area contributed by atoms with Crippen molar-refractivity contribution in [2.45, 2.75) is 6.42 Å². The minimum Gasteiger partial charge on any atom is -0.504 e. The van der Waals surface area contributed by atoms with Gasteiger partial charge < -0.3 is 15.9 Å². The summed E-state index contributed by atoms with van der Waals surface area (Å²) in [6, 6.07) is 2.07. The predicted octanol–water partition coefficient (Wildman–Crippen LogP) is -0.146. The van der Waals surface area contributed by atoms with E-state index < -0.39 is 21.1 Å². The van der Waals surface area contributed by atoms with Crippen molar-refractivity contribution in [3.05, 3.63) is 27.8 Å². The lowest BCUT2D eigenvalue weighted by molar-refractivity contribution is -0.385. The topological polar surface area (TPSA) is 184 Å². The van der Waals surface area contributed by atoms with Crippen molar-refractivity contribution in [1.29, 1.82) is 0 Å². The van der Waals surface area contributed by atoms with Crippen LogP contribution in [0.4, 0.5) is 5.69 Å². The Labute approximate surface area is 107 Å².